The third-order valence-corrected chi connectivity index (χ3v) is 3.73. The lowest BCUT2D eigenvalue weighted by molar-refractivity contribution is -0.137. The smallest absolute Gasteiger partial charge is 0.416 e. The van der Waals surface area contributed by atoms with Crippen molar-refractivity contribution in [1.82, 2.24) is 5.43 Å². The van der Waals surface area contributed by atoms with Crippen molar-refractivity contribution in [2.45, 2.75) is 32.4 Å². The molecule has 7 heteroatoms. The first-order chi connectivity index (χ1) is 12.6. The molecule has 2 rings (SSSR count). The van der Waals surface area contributed by atoms with E-state index in [1.165, 1.54) is 18.3 Å². The summed E-state index contributed by atoms with van der Waals surface area (Å²) in [7, 11) is 0. The number of carbonyl (C=O) groups is 1. The van der Waals surface area contributed by atoms with Crippen LogP contribution in [0, 0.1) is 0 Å². The molecule has 0 spiro atoms. The number of benzene rings is 2. The molecule has 2 aromatic rings. The lowest BCUT2D eigenvalue weighted by Crippen LogP contribution is -2.24. The summed E-state index contributed by atoms with van der Waals surface area (Å²) in [6, 6.07) is 11.9. The van der Waals surface area contributed by atoms with Crippen molar-refractivity contribution in [3.8, 4) is 5.75 Å². The summed E-state index contributed by atoms with van der Waals surface area (Å²) in [6.07, 6.45) is -3.12. The second-order valence-corrected chi connectivity index (χ2v) is 6.98. The number of hydrogen-bond donors (Lipinski definition) is 1. The standard InChI is InChI=1S/C20H21F3N2O2/c1-19(2,3)15-8-10-17(11-9-15)27-13-18(26)25-24-12-14-4-6-16(7-5-14)20(21,22)23/h4-12H,13H2,1-3H3,(H,25,26)/b24-12+. The maximum absolute atomic E-state index is 12.5. The molecule has 1 amide bonds. The fourth-order valence-corrected chi connectivity index (χ4v) is 2.17. The van der Waals surface area contributed by atoms with E-state index in [0.29, 0.717) is 11.3 Å². The molecule has 27 heavy (non-hydrogen) atoms. The molecule has 0 atom stereocenters. The second kappa shape index (κ2) is 8.24. The van der Waals surface area contributed by atoms with E-state index in [9.17, 15) is 18.0 Å². The fraction of sp³-hybridized carbons (Fsp3) is 0.300. The van der Waals surface area contributed by atoms with Gasteiger partial charge in [-0.3, -0.25) is 4.79 Å². The Morgan fingerprint density at radius 1 is 1.00 bits per heavy atom. The number of ether oxygens (including phenoxy) is 1. The second-order valence-electron chi connectivity index (χ2n) is 6.98. The van der Waals surface area contributed by atoms with Gasteiger partial charge in [0.25, 0.3) is 5.91 Å². The minimum absolute atomic E-state index is 0.0307. The molecular weight excluding hydrogens is 357 g/mol. The zero-order chi connectivity index (χ0) is 20.1. The summed E-state index contributed by atoms with van der Waals surface area (Å²) in [6.45, 7) is 6.08. The summed E-state index contributed by atoms with van der Waals surface area (Å²) in [5, 5.41) is 3.71. The largest absolute Gasteiger partial charge is 0.484 e. The molecule has 0 radical (unpaired) electrons. The Kier molecular flexibility index (Phi) is 6.25. The normalized spacial score (nSPS) is 12.2. The van der Waals surface area contributed by atoms with Crippen molar-refractivity contribution in [3.05, 3.63) is 65.2 Å². The van der Waals surface area contributed by atoms with E-state index < -0.39 is 17.6 Å². The Morgan fingerprint density at radius 2 is 1.56 bits per heavy atom. The molecule has 0 aliphatic heterocycles. The maximum Gasteiger partial charge on any atom is 0.416 e. The number of rotatable bonds is 5. The Hall–Kier alpha value is -2.83. The van der Waals surface area contributed by atoms with Gasteiger partial charge in [0.15, 0.2) is 6.61 Å². The van der Waals surface area contributed by atoms with Crippen LogP contribution in [-0.2, 0) is 16.4 Å². The van der Waals surface area contributed by atoms with Crippen molar-refractivity contribution in [1.29, 1.82) is 0 Å². The van der Waals surface area contributed by atoms with Gasteiger partial charge in [0.1, 0.15) is 5.75 Å². The van der Waals surface area contributed by atoms with E-state index in [1.807, 2.05) is 12.1 Å². The van der Waals surface area contributed by atoms with Crippen LogP contribution in [-0.4, -0.2) is 18.7 Å². The molecule has 0 aromatic heterocycles. The van der Waals surface area contributed by atoms with Gasteiger partial charge in [-0.1, -0.05) is 45.0 Å². The molecule has 0 saturated heterocycles. The zero-order valence-electron chi connectivity index (χ0n) is 15.3. The number of alkyl halides is 3. The predicted molar refractivity (Wildman–Crippen MR) is 97.8 cm³/mol. The van der Waals surface area contributed by atoms with Crippen LogP contribution in [0.4, 0.5) is 13.2 Å². The number of amides is 1. The van der Waals surface area contributed by atoms with Gasteiger partial charge in [0.05, 0.1) is 11.8 Å². The Morgan fingerprint density at radius 3 is 2.07 bits per heavy atom. The molecule has 0 fully saturated rings. The molecule has 0 saturated carbocycles. The fourth-order valence-electron chi connectivity index (χ4n) is 2.17. The predicted octanol–water partition coefficient (Wildman–Crippen LogP) is 4.53. The minimum atomic E-state index is -4.38. The number of carbonyl (C=O) groups excluding carboxylic acids is 1. The van der Waals surface area contributed by atoms with Crippen molar-refractivity contribution in [2.75, 3.05) is 6.61 Å². The average Bonchev–Trinajstić information content (AvgIpc) is 2.59. The van der Waals surface area contributed by atoms with Gasteiger partial charge in [-0.25, -0.2) is 5.43 Å². The summed E-state index contributed by atoms with van der Waals surface area (Å²) in [5.41, 5.74) is 3.14. The number of halogens is 3. The Bertz CT molecular complexity index is 790. The topological polar surface area (TPSA) is 50.7 Å². The SMILES string of the molecule is CC(C)(C)c1ccc(OCC(=O)N/N=C/c2ccc(C(F)(F)F)cc2)cc1. The van der Waals surface area contributed by atoms with Crippen LogP contribution in [0.5, 0.6) is 5.75 Å². The highest BCUT2D eigenvalue weighted by Gasteiger charge is 2.29. The third-order valence-electron chi connectivity index (χ3n) is 3.73. The summed E-state index contributed by atoms with van der Waals surface area (Å²) in [5.74, 6) is 0.0860. The molecule has 0 aliphatic carbocycles. The van der Waals surface area contributed by atoms with Crippen molar-refractivity contribution in [2.24, 2.45) is 5.10 Å². The first kappa shape index (κ1) is 20.5. The molecule has 1 N–H and O–H groups in total. The maximum atomic E-state index is 12.5. The first-order valence-electron chi connectivity index (χ1n) is 8.28. The molecule has 0 unspecified atom stereocenters. The number of nitrogens with one attached hydrogen (secondary N) is 1. The van der Waals surface area contributed by atoms with E-state index in [4.69, 9.17) is 4.74 Å². The molecule has 0 aliphatic rings. The lowest BCUT2D eigenvalue weighted by Gasteiger charge is -2.19. The van der Waals surface area contributed by atoms with Crippen molar-refractivity contribution >= 4 is 12.1 Å². The van der Waals surface area contributed by atoms with Crippen LogP contribution in [0.2, 0.25) is 0 Å². The highest BCUT2D eigenvalue weighted by molar-refractivity contribution is 5.82. The summed E-state index contributed by atoms with van der Waals surface area (Å²) >= 11 is 0. The zero-order valence-corrected chi connectivity index (χ0v) is 15.3. The summed E-state index contributed by atoms with van der Waals surface area (Å²) in [4.78, 5) is 11.7. The van der Waals surface area contributed by atoms with Crippen LogP contribution in [0.1, 0.15) is 37.5 Å². The number of hydrazone groups is 1. The van der Waals surface area contributed by atoms with Crippen LogP contribution in [0.25, 0.3) is 0 Å². The lowest BCUT2D eigenvalue weighted by atomic mass is 9.87. The molecule has 144 valence electrons. The highest BCUT2D eigenvalue weighted by Crippen LogP contribution is 2.28. The summed E-state index contributed by atoms with van der Waals surface area (Å²) < 4.78 is 42.8. The molecular formula is C20H21F3N2O2. The third kappa shape index (κ3) is 6.44. The van der Waals surface area contributed by atoms with Gasteiger partial charge < -0.3 is 4.74 Å². The molecule has 2 aromatic carbocycles. The van der Waals surface area contributed by atoms with E-state index >= 15 is 0 Å². The molecule has 4 nitrogen and oxygen atoms in total. The van der Waals surface area contributed by atoms with Gasteiger partial charge in [0.2, 0.25) is 0 Å². The van der Waals surface area contributed by atoms with Gasteiger partial charge in [-0.2, -0.15) is 18.3 Å². The van der Waals surface area contributed by atoms with E-state index in [-0.39, 0.29) is 12.0 Å². The van der Waals surface area contributed by atoms with Gasteiger partial charge in [-0.05, 0) is 40.8 Å². The van der Waals surface area contributed by atoms with Crippen molar-refractivity contribution < 1.29 is 22.7 Å². The van der Waals surface area contributed by atoms with Crippen LogP contribution >= 0.6 is 0 Å². The van der Waals surface area contributed by atoms with Crippen LogP contribution in [0.15, 0.2) is 53.6 Å². The van der Waals surface area contributed by atoms with Gasteiger partial charge in [0, 0.05) is 0 Å². The minimum Gasteiger partial charge on any atom is -0.484 e. The number of hydrogen-bond acceptors (Lipinski definition) is 3. The van der Waals surface area contributed by atoms with Gasteiger partial charge >= 0.3 is 6.18 Å². The van der Waals surface area contributed by atoms with Crippen LogP contribution < -0.4 is 10.2 Å². The average molecular weight is 378 g/mol. The van der Waals surface area contributed by atoms with Crippen molar-refractivity contribution in [3.63, 3.8) is 0 Å². The number of nitrogens with zero attached hydrogens (tertiary/aromatic N) is 1. The Balaban J connectivity index is 1.81. The molecule has 0 bridgehead atoms. The van der Waals surface area contributed by atoms with E-state index in [0.717, 1.165) is 17.7 Å². The van der Waals surface area contributed by atoms with Gasteiger partial charge in [-0.15, -0.1) is 0 Å². The van der Waals surface area contributed by atoms with E-state index in [1.54, 1.807) is 12.1 Å². The van der Waals surface area contributed by atoms with E-state index in [2.05, 4.69) is 31.3 Å². The molecule has 0 heterocycles. The quantitative estimate of drug-likeness (QED) is 0.614. The highest BCUT2D eigenvalue weighted by atomic mass is 19.4. The first-order valence-corrected chi connectivity index (χ1v) is 8.28. The van der Waals surface area contributed by atoms with Crippen LogP contribution in [0.3, 0.4) is 0 Å². The monoisotopic (exact) mass is 378 g/mol. The Labute approximate surface area is 156 Å².